The lowest BCUT2D eigenvalue weighted by Crippen LogP contribution is -2.53. The monoisotopic (exact) mass is 375 g/mol. The van der Waals surface area contributed by atoms with Crippen molar-refractivity contribution in [1.29, 1.82) is 0 Å². The number of hydrogen-bond acceptors (Lipinski definition) is 4. The van der Waals surface area contributed by atoms with Crippen molar-refractivity contribution in [3.8, 4) is 0 Å². The van der Waals surface area contributed by atoms with Crippen LogP contribution in [0.1, 0.15) is 53.5 Å². The number of nitrogens with zero attached hydrogens (tertiary/aromatic N) is 1. The van der Waals surface area contributed by atoms with Gasteiger partial charge in [-0.15, -0.1) is 0 Å². The molecule has 0 N–H and O–H groups in total. The molecule has 1 saturated heterocycles. The summed E-state index contributed by atoms with van der Waals surface area (Å²) in [6.07, 6.45) is 0.951. The third-order valence-electron chi connectivity index (χ3n) is 5.68. The Morgan fingerprint density at radius 2 is 1.74 bits per heavy atom. The fourth-order valence-electron chi connectivity index (χ4n) is 4.03. The molecule has 1 amide bonds. The second-order valence-electron chi connectivity index (χ2n) is 8.61. The van der Waals surface area contributed by atoms with E-state index in [1.54, 1.807) is 0 Å². The van der Waals surface area contributed by atoms with Crippen LogP contribution in [0.5, 0.6) is 0 Å². The van der Waals surface area contributed by atoms with E-state index in [9.17, 15) is 9.59 Å². The molecule has 0 unspecified atom stereocenters. The first-order valence-electron chi connectivity index (χ1n) is 9.63. The summed E-state index contributed by atoms with van der Waals surface area (Å²) < 4.78 is 11.1. The number of carbonyl (C=O) groups excluding carboxylic acids is 2. The van der Waals surface area contributed by atoms with Gasteiger partial charge in [-0.25, -0.2) is 0 Å². The number of esters is 1. The number of hydrogen-bond donors (Lipinski definition) is 0. The van der Waals surface area contributed by atoms with E-state index in [-0.39, 0.29) is 36.2 Å². The Labute approximate surface area is 163 Å². The van der Waals surface area contributed by atoms with E-state index in [0.717, 1.165) is 6.42 Å². The zero-order valence-electron chi connectivity index (χ0n) is 17.6. The molecule has 0 bridgehead atoms. The topological polar surface area (TPSA) is 55.8 Å². The van der Waals surface area contributed by atoms with Crippen molar-refractivity contribution in [1.82, 2.24) is 4.90 Å². The van der Waals surface area contributed by atoms with E-state index in [1.807, 2.05) is 64.6 Å². The average molecular weight is 376 g/mol. The molecular formula is C22H33NO4. The zero-order valence-corrected chi connectivity index (χ0v) is 17.6. The molecule has 2 rings (SSSR count). The second-order valence-corrected chi connectivity index (χ2v) is 8.61. The lowest BCUT2D eigenvalue weighted by atomic mass is 9.87. The molecule has 5 heteroatoms. The van der Waals surface area contributed by atoms with E-state index in [1.165, 1.54) is 12.7 Å². The standard InChI is InChI=1S/C22H33NO4/c1-15(13-19(24)26-7)16(2)20(25)23-18(14-17-11-9-8-10-12-17)21(3,4)27-22(23,5)6/h8-12,15-16,18H,13-14H2,1-7H3/t15-,16-,18+/m1/s1. The van der Waals surface area contributed by atoms with Crippen molar-refractivity contribution in [2.75, 3.05) is 7.11 Å². The van der Waals surface area contributed by atoms with Gasteiger partial charge in [-0.2, -0.15) is 0 Å². The Hall–Kier alpha value is -1.88. The maximum absolute atomic E-state index is 13.5. The van der Waals surface area contributed by atoms with Crippen LogP contribution in [0.2, 0.25) is 0 Å². The van der Waals surface area contributed by atoms with Gasteiger partial charge in [0.2, 0.25) is 5.91 Å². The van der Waals surface area contributed by atoms with Crippen LogP contribution in [0.3, 0.4) is 0 Å². The van der Waals surface area contributed by atoms with Gasteiger partial charge in [-0.05, 0) is 45.6 Å². The van der Waals surface area contributed by atoms with Crippen LogP contribution < -0.4 is 0 Å². The Bertz CT molecular complexity index is 668. The molecule has 0 saturated carbocycles. The number of ether oxygens (including phenoxy) is 2. The highest BCUT2D eigenvalue weighted by molar-refractivity contribution is 5.81. The number of carbonyl (C=O) groups is 2. The Kier molecular flexibility index (Phi) is 6.35. The summed E-state index contributed by atoms with van der Waals surface area (Å²) >= 11 is 0. The number of benzene rings is 1. The van der Waals surface area contributed by atoms with Crippen molar-refractivity contribution >= 4 is 11.9 Å². The Balaban J connectivity index is 2.28. The van der Waals surface area contributed by atoms with E-state index >= 15 is 0 Å². The molecule has 0 aliphatic carbocycles. The maximum Gasteiger partial charge on any atom is 0.305 e. The predicted octanol–water partition coefficient (Wildman–Crippen LogP) is 3.81. The van der Waals surface area contributed by atoms with Gasteiger partial charge in [-0.3, -0.25) is 9.59 Å². The highest BCUT2D eigenvalue weighted by atomic mass is 16.6. The maximum atomic E-state index is 13.5. The largest absolute Gasteiger partial charge is 0.469 e. The normalized spacial score (nSPS) is 22.9. The second kappa shape index (κ2) is 8.01. The summed E-state index contributed by atoms with van der Waals surface area (Å²) in [5, 5.41) is 0. The number of methoxy groups -OCH3 is 1. The van der Waals surface area contributed by atoms with E-state index < -0.39 is 11.3 Å². The minimum absolute atomic E-state index is 0.0166. The fraction of sp³-hybridized carbons (Fsp3) is 0.636. The molecule has 0 radical (unpaired) electrons. The molecule has 1 aromatic carbocycles. The molecule has 1 aliphatic rings. The van der Waals surface area contributed by atoms with Crippen LogP contribution in [-0.2, 0) is 25.5 Å². The summed E-state index contributed by atoms with van der Waals surface area (Å²) in [5.41, 5.74) is -0.00973. The van der Waals surface area contributed by atoms with Gasteiger partial charge in [-0.1, -0.05) is 44.2 Å². The first-order chi connectivity index (χ1) is 12.5. The summed E-state index contributed by atoms with van der Waals surface area (Å²) in [7, 11) is 1.37. The first kappa shape index (κ1) is 21.4. The Morgan fingerprint density at radius 1 is 1.15 bits per heavy atom. The predicted molar refractivity (Wildman–Crippen MR) is 105 cm³/mol. The van der Waals surface area contributed by atoms with E-state index in [0.29, 0.717) is 0 Å². The van der Waals surface area contributed by atoms with Crippen molar-refractivity contribution in [2.45, 2.75) is 71.8 Å². The molecule has 150 valence electrons. The Morgan fingerprint density at radius 3 is 2.30 bits per heavy atom. The van der Waals surface area contributed by atoms with Crippen LogP contribution >= 0.6 is 0 Å². The minimum Gasteiger partial charge on any atom is -0.469 e. The van der Waals surface area contributed by atoms with Crippen LogP contribution in [0.15, 0.2) is 30.3 Å². The summed E-state index contributed by atoms with van der Waals surface area (Å²) in [6.45, 7) is 11.8. The lowest BCUT2D eigenvalue weighted by Gasteiger charge is -2.37. The molecule has 5 nitrogen and oxygen atoms in total. The van der Waals surface area contributed by atoms with Gasteiger partial charge < -0.3 is 14.4 Å². The lowest BCUT2D eigenvalue weighted by molar-refractivity contribution is -0.155. The van der Waals surface area contributed by atoms with Gasteiger partial charge >= 0.3 is 5.97 Å². The molecule has 1 heterocycles. The number of amides is 1. The fourth-order valence-corrected chi connectivity index (χ4v) is 4.03. The molecular weight excluding hydrogens is 342 g/mol. The van der Waals surface area contributed by atoms with E-state index in [4.69, 9.17) is 9.47 Å². The van der Waals surface area contributed by atoms with Crippen LogP contribution in [0.25, 0.3) is 0 Å². The molecule has 0 aromatic heterocycles. The van der Waals surface area contributed by atoms with Crippen molar-refractivity contribution in [3.05, 3.63) is 35.9 Å². The van der Waals surface area contributed by atoms with Gasteiger partial charge in [0.15, 0.2) is 0 Å². The molecule has 0 spiro atoms. The van der Waals surface area contributed by atoms with Gasteiger partial charge in [0.05, 0.1) is 18.8 Å². The molecule has 1 fully saturated rings. The van der Waals surface area contributed by atoms with Gasteiger partial charge in [0.1, 0.15) is 5.72 Å². The highest BCUT2D eigenvalue weighted by Crippen LogP contribution is 2.42. The third kappa shape index (κ3) is 4.70. The van der Waals surface area contributed by atoms with Gasteiger partial charge in [0.25, 0.3) is 0 Å². The summed E-state index contributed by atoms with van der Waals surface area (Å²) in [6, 6.07) is 10.1. The van der Waals surface area contributed by atoms with Crippen LogP contribution in [0, 0.1) is 11.8 Å². The third-order valence-corrected chi connectivity index (χ3v) is 5.68. The minimum atomic E-state index is -0.709. The zero-order chi connectivity index (χ0) is 20.4. The molecule has 1 aliphatic heterocycles. The van der Waals surface area contributed by atoms with Crippen LogP contribution in [-0.4, -0.2) is 41.3 Å². The molecule has 1 aromatic rings. The summed E-state index contributed by atoms with van der Waals surface area (Å²) in [5.74, 6) is -0.691. The number of rotatable bonds is 6. The van der Waals surface area contributed by atoms with Crippen molar-refractivity contribution in [2.24, 2.45) is 11.8 Å². The smallest absolute Gasteiger partial charge is 0.305 e. The van der Waals surface area contributed by atoms with Gasteiger partial charge in [0, 0.05) is 12.3 Å². The highest BCUT2D eigenvalue weighted by Gasteiger charge is 2.54. The quantitative estimate of drug-likeness (QED) is 0.710. The van der Waals surface area contributed by atoms with Crippen LogP contribution in [0.4, 0.5) is 0 Å². The van der Waals surface area contributed by atoms with Crippen molar-refractivity contribution in [3.63, 3.8) is 0 Å². The SMILES string of the molecule is COC(=O)C[C@@H](C)[C@@H](C)C(=O)N1[C@@H](Cc2ccccc2)C(C)(C)OC1(C)C. The van der Waals surface area contributed by atoms with E-state index in [2.05, 4.69) is 12.1 Å². The summed E-state index contributed by atoms with van der Waals surface area (Å²) in [4.78, 5) is 27.0. The molecule has 3 atom stereocenters. The van der Waals surface area contributed by atoms with Crippen molar-refractivity contribution < 1.29 is 19.1 Å². The first-order valence-corrected chi connectivity index (χ1v) is 9.63. The molecule has 27 heavy (non-hydrogen) atoms. The average Bonchev–Trinajstić information content (AvgIpc) is 2.77.